The molecule has 4 aromatic rings. The summed E-state index contributed by atoms with van der Waals surface area (Å²) in [5.41, 5.74) is 3.69. The number of benzene rings is 2. The molecule has 2 heterocycles. The number of aromatic nitrogens is 2. The molecule has 0 fully saturated rings. The Morgan fingerprint density at radius 3 is 2.50 bits per heavy atom. The van der Waals surface area contributed by atoms with Crippen LogP contribution in [0.5, 0.6) is 5.75 Å². The average Bonchev–Trinajstić information content (AvgIpc) is 3.32. The quantitative estimate of drug-likeness (QED) is 0.387. The summed E-state index contributed by atoms with van der Waals surface area (Å²) < 4.78 is 48.1. The van der Waals surface area contributed by atoms with Gasteiger partial charge in [0.2, 0.25) is 10.0 Å². The zero-order valence-corrected chi connectivity index (χ0v) is 19.5. The number of aryl methyl sites for hydroxylation is 2. The molecule has 2 aromatic carbocycles. The summed E-state index contributed by atoms with van der Waals surface area (Å²) in [7, 11) is -3.49. The maximum atomic E-state index is 13.1. The number of halogens is 1. The van der Waals surface area contributed by atoms with Crippen LogP contribution in [-0.4, -0.2) is 30.2 Å². The fourth-order valence-corrected chi connectivity index (χ4v) is 5.20. The fourth-order valence-electron chi connectivity index (χ4n) is 3.26. The highest BCUT2D eigenvalue weighted by Gasteiger charge is 2.16. The highest BCUT2D eigenvalue weighted by atomic mass is 32.2. The van der Waals surface area contributed by atoms with E-state index in [-0.39, 0.29) is 24.7 Å². The van der Waals surface area contributed by atoms with E-state index >= 15 is 0 Å². The first kappa shape index (κ1) is 22.4. The van der Waals surface area contributed by atoms with Crippen LogP contribution in [0.4, 0.5) is 4.39 Å². The molecule has 0 bridgehead atoms. The van der Waals surface area contributed by atoms with Crippen LogP contribution in [0.15, 0.2) is 54.7 Å². The maximum Gasteiger partial charge on any atom is 0.215 e. The Kier molecular flexibility index (Phi) is 6.59. The van der Waals surface area contributed by atoms with E-state index in [1.165, 1.54) is 29.0 Å². The van der Waals surface area contributed by atoms with Crippen molar-refractivity contribution < 1.29 is 17.5 Å². The van der Waals surface area contributed by atoms with Crippen LogP contribution in [0.3, 0.4) is 0 Å². The van der Waals surface area contributed by atoms with Crippen LogP contribution in [0.2, 0.25) is 0 Å². The molecule has 0 saturated heterocycles. The largest absolute Gasteiger partial charge is 0.492 e. The molecule has 1 N–H and O–H groups in total. The van der Waals surface area contributed by atoms with Crippen molar-refractivity contribution in [2.45, 2.75) is 26.8 Å². The van der Waals surface area contributed by atoms with Crippen molar-refractivity contribution in [3.05, 3.63) is 76.7 Å². The summed E-state index contributed by atoms with van der Waals surface area (Å²) in [6.07, 6.45) is 2.82. The van der Waals surface area contributed by atoms with Gasteiger partial charge in [0.05, 0.1) is 11.4 Å². The molecule has 0 aliphatic carbocycles. The van der Waals surface area contributed by atoms with E-state index in [0.717, 1.165) is 33.2 Å². The third-order valence-electron chi connectivity index (χ3n) is 5.20. The monoisotopic (exact) mass is 473 g/mol. The SMILES string of the molecule is CCc1ccc(OCCS(=O)(=O)NCc2sc3nc(-c4ccc(F)cc4)cn3c2C)cc1. The molecule has 168 valence electrons. The maximum absolute atomic E-state index is 13.1. The molecule has 9 heteroatoms. The second-order valence-electron chi connectivity index (χ2n) is 7.38. The number of ether oxygens (including phenoxy) is 1. The minimum Gasteiger partial charge on any atom is -0.492 e. The second kappa shape index (κ2) is 9.40. The van der Waals surface area contributed by atoms with E-state index in [0.29, 0.717) is 5.75 Å². The van der Waals surface area contributed by atoms with Crippen molar-refractivity contribution in [2.24, 2.45) is 0 Å². The fraction of sp³-hybridized carbons (Fsp3) is 0.261. The lowest BCUT2D eigenvalue weighted by Gasteiger charge is -2.09. The van der Waals surface area contributed by atoms with Gasteiger partial charge in [-0.15, -0.1) is 0 Å². The third kappa shape index (κ3) is 5.17. The molecule has 0 saturated carbocycles. The van der Waals surface area contributed by atoms with Crippen molar-refractivity contribution in [1.29, 1.82) is 0 Å². The van der Waals surface area contributed by atoms with Crippen LogP contribution in [0.1, 0.15) is 23.1 Å². The predicted octanol–water partition coefficient (Wildman–Crippen LogP) is 4.57. The van der Waals surface area contributed by atoms with E-state index in [1.54, 1.807) is 12.1 Å². The first-order valence-corrected chi connectivity index (χ1v) is 12.7. The first-order chi connectivity index (χ1) is 15.3. The lowest BCUT2D eigenvalue weighted by Crippen LogP contribution is -2.28. The number of rotatable bonds is 9. The van der Waals surface area contributed by atoms with Crippen LogP contribution in [-0.2, 0) is 23.0 Å². The average molecular weight is 474 g/mol. The van der Waals surface area contributed by atoms with Crippen molar-refractivity contribution >= 4 is 26.3 Å². The Labute approximate surface area is 190 Å². The molecular formula is C23H24FN3O3S2. The lowest BCUT2D eigenvalue weighted by atomic mass is 10.2. The normalized spacial score (nSPS) is 11.8. The van der Waals surface area contributed by atoms with Crippen molar-refractivity contribution in [3.63, 3.8) is 0 Å². The van der Waals surface area contributed by atoms with Crippen LogP contribution < -0.4 is 9.46 Å². The van der Waals surface area contributed by atoms with Gasteiger partial charge in [-0.2, -0.15) is 0 Å². The molecule has 6 nitrogen and oxygen atoms in total. The van der Waals surface area contributed by atoms with Gasteiger partial charge in [-0.3, -0.25) is 4.40 Å². The first-order valence-electron chi connectivity index (χ1n) is 10.3. The van der Waals surface area contributed by atoms with Crippen molar-refractivity contribution in [3.8, 4) is 17.0 Å². The summed E-state index contributed by atoms with van der Waals surface area (Å²) >= 11 is 1.43. The van der Waals surface area contributed by atoms with Gasteiger partial charge in [-0.05, 0) is 55.3 Å². The van der Waals surface area contributed by atoms with E-state index in [1.807, 2.05) is 41.8 Å². The van der Waals surface area contributed by atoms with Crippen LogP contribution in [0, 0.1) is 12.7 Å². The summed E-state index contributed by atoms with van der Waals surface area (Å²) in [5.74, 6) is 0.240. The highest BCUT2D eigenvalue weighted by molar-refractivity contribution is 7.89. The number of nitrogens with one attached hydrogen (secondary N) is 1. The number of thiazole rings is 1. The van der Waals surface area contributed by atoms with Crippen LogP contribution in [0.25, 0.3) is 16.2 Å². The van der Waals surface area contributed by atoms with Crippen molar-refractivity contribution in [2.75, 3.05) is 12.4 Å². The molecule has 2 aromatic heterocycles. The van der Waals surface area contributed by atoms with E-state index in [9.17, 15) is 12.8 Å². The van der Waals surface area contributed by atoms with E-state index in [2.05, 4.69) is 16.6 Å². The van der Waals surface area contributed by atoms with Gasteiger partial charge in [-0.25, -0.2) is 22.5 Å². The molecule has 0 unspecified atom stereocenters. The van der Waals surface area contributed by atoms with Gasteiger partial charge in [0, 0.05) is 28.9 Å². The Balaban J connectivity index is 1.35. The standard InChI is InChI=1S/C23H24FN3O3S2/c1-3-17-4-10-20(11-5-17)30-12-13-32(28,29)25-14-22-16(2)27-15-21(26-23(27)31-22)18-6-8-19(24)9-7-18/h4-11,15,25H,3,12-14H2,1-2H3. The van der Waals surface area contributed by atoms with E-state index in [4.69, 9.17) is 4.74 Å². The number of hydrogen-bond acceptors (Lipinski definition) is 5. The van der Waals surface area contributed by atoms with Crippen LogP contribution >= 0.6 is 11.3 Å². The van der Waals surface area contributed by atoms with Gasteiger partial charge in [0.25, 0.3) is 0 Å². The number of hydrogen-bond donors (Lipinski definition) is 1. The minimum atomic E-state index is -3.49. The van der Waals surface area contributed by atoms with Gasteiger partial charge in [0.1, 0.15) is 18.2 Å². The predicted molar refractivity (Wildman–Crippen MR) is 125 cm³/mol. The smallest absolute Gasteiger partial charge is 0.215 e. The minimum absolute atomic E-state index is 0.0780. The Hall–Kier alpha value is -2.75. The van der Waals surface area contributed by atoms with Gasteiger partial charge >= 0.3 is 0 Å². The molecule has 0 amide bonds. The molecule has 4 rings (SSSR count). The van der Waals surface area contributed by atoms with Gasteiger partial charge in [-0.1, -0.05) is 30.4 Å². The highest BCUT2D eigenvalue weighted by Crippen LogP contribution is 2.27. The summed E-state index contributed by atoms with van der Waals surface area (Å²) in [5, 5.41) is 0. The Morgan fingerprint density at radius 1 is 1.12 bits per heavy atom. The van der Waals surface area contributed by atoms with Crippen molar-refractivity contribution in [1.82, 2.24) is 14.1 Å². The molecule has 0 spiro atoms. The molecule has 0 atom stereocenters. The van der Waals surface area contributed by atoms with Gasteiger partial charge < -0.3 is 4.74 Å². The summed E-state index contributed by atoms with van der Waals surface area (Å²) in [4.78, 5) is 6.24. The van der Waals surface area contributed by atoms with Gasteiger partial charge in [0.15, 0.2) is 4.96 Å². The second-order valence-corrected chi connectivity index (χ2v) is 10.4. The Morgan fingerprint density at radius 2 is 1.84 bits per heavy atom. The zero-order chi connectivity index (χ0) is 22.7. The molecular weight excluding hydrogens is 449 g/mol. The molecule has 32 heavy (non-hydrogen) atoms. The lowest BCUT2D eigenvalue weighted by molar-refractivity contribution is 0.340. The zero-order valence-electron chi connectivity index (χ0n) is 17.8. The molecule has 0 radical (unpaired) electrons. The Bertz CT molecular complexity index is 1310. The third-order valence-corrected chi connectivity index (χ3v) is 7.64. The topological polar surface area (TPSA) is 72.7 Å². The summed E-state index contributed by atoms with van der Waals surface area (Å²) in [6, 6.07) is 13.8. The number of sulfonamides is 1. The summed E-state index contributed by atoms with van der Waals surface area (Å²) in [6.45, 7) is 4.27. The number of fused-ring (bicyclic) bond motifs is 1. The molecule has 0 aliphatic heterocycles. The molecule has 0 aliphatic rings. The number of imidazole rings is 1. The number of nitrogens with zero attached hydrogens (tertiary/aromatic N) is 2. The van der Waals surface area contributed by atoms with E-state index < -0.39 is 10.0 Å².